The van der Waals surface area contributed by atoms with Crippen LogP contribution in [-0.2, 0) is 4.74 Å². The molecule has 0 unspecified atom stereocenters. The second kappa shape index (κ2) is 4.72. The Balaban J connectivity index is 2.37. The summed E-state index contributed by atoms with van der Waals surface area (Å²) in [6, 6.07) is 4.07. The number of nitro groups is 1. The van der Waals surface area contributed by atoms with Gasteiger partial charge in [0.25, 0.3) is 11.5 Å². The van der Waals surface area contributed by atoms with Crippen LogP contribution in [0.4, 0.5) is 11.4 Å². The zero-order valence-electron chi connectivity index (χ0n) is 9.81. The summed E-state index contributed by atoms with van der Waals surface area (Å²) in [5.74, 6) is -0.784. The predicted octanol–water partition coefficient (Wildman–Crippen LogP) is 0.544. The lowest BCUT2D eigenvalue weighted by Gasteiger charge is -2.02. The molecule has 0 fully saturated rings. The highest BCUT2D eigenvalue weighted by Gasteiger charge is 2.15. The van der Waals surface area contributed by atoms with Crippen LogP contribution in [0.1, 0.15) is 10.6 Å². The molecule has 9 nitrogen and oxygen atoms in total. The number of nitrogens with zero attached hydrogens (tertiary/aromatic N) is 4. The number of anilines is 1. The minimum Gasteiger partial charge on any atom is -0.463 e. The molecule has 0 saturated carbocycles. The van der Waals surface area contributed by atoms with Crippen molar-refractivity contribution in [2.24, 2.45) is 0 Å². The van der Waals surface area contributed by atoms with E-state index in [0.717, 1.165) is 0 Å². The maximum absolute atomic E-state index is 11.2. The summed E-state index contributed by atoms with van der Waals surface area (Å²) < 4.78 is 5.74. The van der Waals surface area contributed by atoms with Gasteiger partial charge in [-0.3, -0.25) is 10.1 Å². The molecule has 0 spiro atoms. The standard InChI is InChI=1S/C10H9N5O4/c1-19-10(16)9-12-5-14(13-9)6-2-3-8(15(17)18)7(11)4-6/h2-5H,11H2,1H3. The summed E-state index contributed by atoms with van der Waals surface area (Å²) >= 11 is 0. The number of nitro benzene ring substituents is 1. The predicted molar refractivity (Wildman–Crippen MR) is 63.8 cm³/mol. The van der Waals surface area contributed by atoms with Gasteiger partial charge < -0.3 is 10.5 Å². The minimum absolute atomic E-state index is 0.00221. The van der Waals surface area contributed by atoms with Crippen LogP contribution in [0.2, 0.25) is 0 Å². The van der Waals surface area contributed by atoms with Crippen LogP contribution in [0.25, 0.3) is 5.69 Å². The highest BCUT2D eigenvalue weighted by Crippen LogP contribution is 2.23. The number of methoxy groups -OCH3 is 1. The van der Waals surface area contributed by atoms with Gasteiger partial charge in [0.2, 0.25) is 0 Å². The Bertz CT molecular complexity index is 651. The van der Waals surface area contributed by atoms with Crippen molar-refractivity contribution in [3.8, 4) is 5.69 Å². The van der Waals surface area contributed by atoms with Gasteiger partial charge >= 0.3 is 5.97 Å². The van der Waals surface area contributed by atoms with Gasteiger partial charge in [0.1, 0.15) is 12.0 Å². The van der Waals surface area contributed by atoms with E-state index in [4.69, 9.17) is 5.73 Å². The van der Waals surface area contributed by atoms with Crippen LogP contribution < -0.4 is 5.73 Å². The van der Waals surface area contributed by atoms with E-state index in [9.17, 15) is 14.9 Å². The van der Waals surface area contributed by atoms with Crippen LogP contribution >= 0.6 is 0 Å². The number of aromatic nitrogens is 3. The fourth-order valence-corrected chi connectivity index (χ4v) is 1.42. The SMILES string of the molecule is COC(=O)c1ncn(-c2ccc([N+](=O)[O-])c(N)c2)n1. The molecule has 98 valence electrons. The number of hydrogen-bond donors (Lipinski definition) is 1. The first-order chi connectivity index (χ1) is 9.02. The molecule has 0 bridgehead atoms. The van der Waals surface area contributed by atoms with Gasteiger partial charge in [-0.1, -0.05) is 0 Å². The number of ether oxygens (including phenoxy) is 1. The maximum Gasteiger partial charge on any atom is 0.377 e. The average molecular weight is 263 g/mol. The van der Waals surface area contributed by atoms with Crippen molar-refractivity contribution in [3.05, 3.63) is 40.5 Å². The van der Waals surface area contributed by atoms with Crippen molar-refractivity contribution in [1.82, 2.24) is 14.8 Å². The first-order valence-corrected chi connectivity index (χ1v) is 5.07. The third kappa shape index (κ3) is 2.34. The van der Waals surface area contributed by atoms with Crippen LogP contribution in [0.5, 0.6) is 0 Å². The first kappa shape index (κ1) is 12.5. The van der Waals surface area contributed by atoms with Gasteiger partial charge in [-0.15, -0.1) is 5.10 Å². The molecule has 0 radical (unpaired) electrons. The van der Waals surface area contributed by atoms with E-state index in [1.807, 2.05) is 0 Å². The van der Waals surface area contributed by atoms with E-state index in [0.29, 0.717) is 5.69 Å². The lowest BCUT2D eigenvalue weighted by atomic mass is 10.2. The Morgan fingerprint density at radius 3 is 2.84 bits per heavy atom. The quantitative estimate of drug-likeness (QED) is 0.370. The van der Waals surface area contributed by atoms with Crippen molar-refractivity contribution < 1.29 is 14.5 Å². The van der Waals surface area contributed by atoms with Crippen molar-refractivity contribution in [3.63, 3.8) is 0 Å². The molecular weight excluding hydrogens is 254 g/mol. The van der Waals surface area contributed by atoms with Crippen molar-refractivity contribution in [1.29, 1.82) is 0 Å². The van der Waals surface area contributed by atoms with Gasteiger partial charge in [-0.05, 0) is 12.1 Å². The number of esters is 1. The van der Waals surface area contributed by atoms with E-state index in [1.165, 1.54) is 36.3 Å². The third-order valence-electron chi connectivity index (χ3n) is 2.33. The Morgan fingerprint density at radius 2 is 2.26 bits per heavy atom. The summed E-state index contributed by atoms with van der Waals surface area (Å²) in [6.07, 6.45) is 1.28. The second-order valence-electron chi connectivity index (χ2n) is 3.50. The van der Waals surface area contributed by atoms with Gasteiger partial charge in [0, 0.05) is 6.07 Å². The topological polar surface area (TPSA) is 126 Å². The maximum atomic E-state index is 11.2. The molecule has 0 aliphatic carbocycles. The van der Waals surface area contributed by atoms with Gasteiger partial charge in [-0.25, -0.2) is 14.5 Å². The number of benzene rings is 1. The van der Waals surface area contributed by atoms with Crippen LogP contribution in [0.3, 0.4) is 0 Å². The normalized spacial score (nSPS) is 10.2. The molecule has 9 heteroatoms. The molecule has 1 heterocycles. The number of rotatable bonds is 3. The van der Waals surface area contributed by atoms with Gasteiger partial charge in [0.05, 0.1) is 17.7 Å². The van der Waals surface area contributed by atoms with E-state index in [-0.39, 0.29) is 17.2 Å². The van der Waals surface area contributed by atoms with E-state index >= 15 is 0 Å². The molecule has 1 aromatic carbocycles. The molecule has 2 rings (SSSR count). The Labute approximate surface area is 106 Å². The Morgan fingerprint density at radius 1 is 1.53 bits per heavy atom. The first-order valence-electron chi connectivity index (χ1n) is 5.07. The summed E-state index contributed by atoms with van der Waals surface area (Å²) in [7, 11) is 1.22. The lowest BCUT2D eigenvalue weighted by Crippen LogP contribution is -2.05. The largest absolute Gasteiger partial charge is 0.463 e. The molecule has 0 saturated heterocycles. The summed E-state index contributed by atoms with van der Waals surface area (Å²) in [6.45, 7) is 0. The third-order valence-corrected chi connectivity index (χ3v) is 2.33. The van der Waals surface area contributed by atoms with E-state index in [1.54, 1.807) is 0 Å². The summed E-state index contributed by atoms with van der Waals surface area (Å²) in [5.41, 5.74) is 5.81. The Hall–Kier alpha value is -2.97. The van der Waals surface area contributed by atoms with Crippen LogP contribution in [0, 0.1) is 10.1 Å². The van der Waals surface area contributed by atoms with E-state index < -0.39 is 10.9 Å². The minimum atomic E-state index is -0.673. The Kier molecular flexibility index (Phi) is 3.10. The van der Waals surface area contributed by atoms with E-state index in [2.05, 4.69) is 14.8 Å². The smallest absolute Gasteiger partial charge is 0.377 e. The molecule has 1 aromatic heterocycles. The average Bonchev–Trinajstić information content (AvgIpc) is 2.86. The monoisotopic (exact) mass is 263 g/mol. The molecule has 19 heavy (non-hydrogen) atoms. The molecule has 0 aliphatic rings. The zero-order chi connectivity index (χ0) is 14.0. The zero-order valence-corrected chi connectivity index (χ0v) is 9.81. The molecule has 0 aliphatic heterocycles. The van der Waals surface area contributed by atoms with Crippen LogP contribution in [-0.4, -0.2) is 32.8 Å². The molecule has 2 aromatic rings. The number of carbonyl (C=O) groups is 1. The molecule has 2 N–H and O–H groups in total. The number of carbonyl (C=O) groups excluding carboxylic acids is 1. The van der Waals surface area contributed by atoms with Gasteiger partial charge in [-0.2, -0.15) is 0 Å². The van der Waals surface area contributed by atoms with Crippen molar-refractivity contribution in [2.75, 3.05) is 12.8 Å². The number of hydrogen-bond acceptors (Lipinski definition) is 7. The molecule has 0 amide bonds. The van der Waals surface area contributed by atoms with Gasteiger partial charge in [0.15, 0.2) is 0 Å². The number of nitrogens with two attached hydrogens (primary N) is 1. The van der Waals surface area contributed by atoms with Crippen molar-refractivity contribution >= 4 is 17.3 Å². The highest BCUT2D eigenvalue weighted by molar-refractivity contribution is 5.84. The number of nitrogen functional groups attached to an aromatic ring is 1. The molecular formula is C10H9N5O4. The van der Waals surface area contributed by atoms with Crippen LogP contribution in [0.15, 0.2) is 24.5 Å². The fraction of sp³-hybridized carbons (Fsp3) is 0.100. The lowest BCUT2D eigenvalue weighted by molar-refractivity contribution is -0.383. The molecule has 0 atom stereocenters. The summed E-state index contributed by atoms with van der Waals surface area (Å²) in [4.78, 5) is 25.0. The van der Waals surface area contributed by atoms with Crippen molar-refractivity contribution in [2.45, 2.75) is 0 Å². The highest BCUT2D eigenvalue weighted by atomic mass is 16.6. The second-order valence-corrected chi connectivity index (χ2v) is 3.50. The summed E-state index contributed by atoms with van der Waals surface area (Å²) in [5, 5.41) is 14.5. The fourth-order valence-electron chi connectivity index (χ4n) is 1.42.